The van der Waals surface area contributed by atoms with Crippen molar-refractivity contribution in [2.24, 2.45) is 7.05 Å². The molecule has 3 aromatic rings. The molecule has 0 aliphatic carbocycles. The highest BCUT2D eigenvalue weighted by Crippen LogP contribution is 2.34. The maximum atomic E-state index is 11.0. The molecule has 3 rings (SSSR count). The molecule has 176 valence electrons. The van der Waals surface area contributed by atoms with Crippen LogP contribution in [0.2, 0.25) is 10.0 Å². The normalized spacial score (nSPS) is 11.0. The van der Waals surface area contributed by atoms with Crippen LogP contribution in [-0.4, -0.2) is 38.6 Å². The molecule has 1 aromatic carbocycles. The summed E-state index contributed by atoms with van der Waals surface area (Å²) in [5, 5.41) is 14.0. The summed E-state index contributed by atoms with van der Waals surface area (Å²) in [4.78, 5) is 15.2. The summed E-state index contributed by atoms with van der Waals surface area (Å²) in [5.74, 6) is 0.861. The molecule has 0 amide bonds. The number of ether oxygens (including phenoxy) is 3. The van der Waals surface area contributed by atoms with Crippen molar-refractivity contribution in [2.75, 3.05) is 6.61 Å². The van der Waals surface area contributed by atoms with Crippen LogP contribution in [0, 0.1) is 0 Å². The molecule has 0 aliphatic rings. The molecule has 0 aliphatic heterocycles. The lowest BCUT2D eigenvalue weighted by Crippen LogP contribution is -2.07. The number of rotatable bonds is 11. The first-order chi connectivity index (χ1) is 15.7. The van der Waals surface area contributed by atoms with Gasteiger partial charge < -0.3 is 19.3 Å². The summed E-state index contributed by atoms with van der Waals surface area (Å²) >= 11 is 12.2. The predicted octanol–water partition coefficient (Wildman–Crippen LogP) is 5.34. The average Bonchev–Trinajstić information content (AvgIpc) is 3.06. The first kappa shape index (κ1) is 24.7. The Balaban J connectivity index is 1.70. The number of pyridine rings is 1. The minimum Gasteiger partial charge on any atom is -0.491 e. The Morgan fingerprint density at radius 2 is 1.97 bits per heavy atom. The molecule has 0 bridgehead atoms. The Morgan fingerprint density at radius 1 is 1.18 bits per heavy atom. The third kappa shape index (κ3) is 7.27. The molecule has 0 unspecified atom stereocenters. The van der Waals surface area contributed by atoms with Gasteiger partial charge in [-0.15, -0.1) is 5.10 Å². The van der Waals surface area contributed by atoms with Crippen LogP contribution in [0.4, 0.5) is 0 Å². The fourth-order valence-corrected chi connectivity index (χ4v) is 3.54. The molecule has 0 radical (unpaired) electrons. The number of aryl methyl sites for hydroxylation is 2. The van der Waals surface area contributed by atoms with E-state index in [0.29, 0.717) is 52.4 Å². The van der Waals surface area contributed by atoms with E-state index in [1.807, 2.05) is 26.0 Å². The lowest BCUT2D eigenvalue weighted by atomic mass is 10.1. The van der Waals surface area contributed by atoms with Gasteiger partial charge in [0, 0.05) is 31.1 Å². The Bertz CT molecular complexity index is 1120. The van der Waals surface area contributed by atoms with E-state index in [1.54, 1.807) is 25.4 Å². The van der Waals surface area contributed by atoms with Crippen LogP contribution in [-0.2, 0) is 24.7 Å². The zero-order valence-electron chi connectivity index (χ0n) is 18.5. The third-order valence-electron chi connectivity index (χ3n) is 4.43. The second kappa shape index (κ2) is 11.2. The molecule has 0 atom stereocenters. The van der Waals surface area contributed by atoms with Gasteiger partial charge in [-0.1, -0.05) is 29.3 Å². The number of aromatic nitrogens is 3. The van der Waals surface area contributed by atoms with Crippen molar-refractivity contribution in [3.8, 4) is 23.3 Å². The monoisotopic (exact) mass is 493 g/mol. The van der Waals surface area contributed by atoms with E-state index in [-0.39, 0.29) is 18.4 Å². The standard InChI is InChI=1S/C23H25Cl2N3O5/c1-14(2)32-18-7-6-15(20(11-18)33-23-19(25)10-17(24)12-26-23)5-4-8-31-22-16(9-21(29)30)13-28(3)27-22/h6-7,10-14H,4-5,8-9H2,1-3H3,(H,29,30). The first-order valence-corrected chi connectivity index (χ1v) is 11.1. The summed E-state index contributed by atoms with van der Waals surface area (Å²) < 4.78 is 19.1. The average molecular weight is 494 g/mol. The van der Waals surface area contributed by atoms with Crippen molar-refractivity contribution < 1.29 is 24.1 Å². The summed E-state index contributed by atoms with van der Waals surface area (Å²) in [6.07, 6.45) is 4.24. The fraction of sp³-hybridized carbons (Fsp3) is 0.348. The van der Waals surface area contributed by atoms with Crippen molar-refractivity contribution in [3.05, 3.63) is 57.8 Å². The second-order valence-corrected chi connectivity index (χ2v) is 8.48. The minimum absolute atomic E-state index is 0.00714. The number of carboxylic acid groups (broad SMARTS) is 1. The summed E-state index contributed by atoms with van der Waals surface area (Å²) in [7, 11) is 1.72. The van der Waals surface area contributed by atoms with E-state index >= 15 is 0 Å². The van der Waals surface area contributed by atoms with Crippen LogP contribution >= 0.6 is 23.2 Å². The SMILES string of the molecule is CC(C)Oc1ccc(CCCOc2nn(C)cc2CC(=O)O)c(Oc2ncc(Cl)cc2Cl)c1. The second-order valence-electron chi connectivity index (χ2n) is 7.63. The van der Waals surface area contributed by atoms with Crippen LogP contribution in [0.25, 0.3) is 0 Å². The van der Waals surface area contributed by atoms with Crippen LogP contribution < -0.4 is 14.2 Å². The molecule has 2 aromatic heterocycles. The van der Waals surface area contributed by atoms with Gasteiger partial charge in [-0.05, 0) is 44.4 Å². The van der Waals surface area contributed by atoms with Crippen LogP contribution in [0.5, 0.6) is 23.3 Å². The van der Waals surface area contributed by atoms with Crippen molar-refractivity contribution in [1.82, 2.24) is 14.8 Å². The van der Waals surface area contributed by atoms with Crippen LogP contribution in [0.15, 0.2) is 36.7 Å². The number of hydrogen-bond acceptors (Lipinski definition) is 6. The summed E-state index contributed by atoms with van der Waals surface area (Å²) in [5.41, 5.74) is 1.45. The van der Waals surface area contributed by atoms with E-state index in [4.69, 9.17) is 42.5 Å². The van der Waals surface area contributed by atoms with Gasteiger partial charge in [0.1, 0.15) is 16.5 Å². The molecule has 0 spiro atoms. The number of aliphatic carboxylic acids is 1. The highest BCUT2D eigenvalue weighted by atomic mass is 35.5. The zero-order valence-corrected chi connectivity index (χ0v) is 20.1. The lowest BCUT2D eigenvalue weighted by molar-refractivity contribution is -0.136. The fourth-order valence-electron chi connectivity index (χ4n) is 3.12. The van der Waals surface area contributed by atoms with E-state index in [1.165, 1.54) is 10.9 Å². The summed E-state index contributed by atoms with van der Waals surface area (Å²) in [6.45, 7) is 4.24. The number of halogens is 2. The minimum atomic E-state index is -0.937. The van der Waals surface area contributed by atoms with Crippen LogP contribution in [0.3, 0.4) is 0 Å². The van der Waals surface area contributed by atoms with Gasteiger partial charge in [0.05, 0.1) is 24.2 Å². The number of nitrogens with zero attached hydrogens (tertiary/aromatic N) is 3. The number of carbonyl (C=O) groups is 1. The maximum Gasteiger partial charge on any atom is 0.308 e. The van der Waals surface area contributed by atoms with Gasteiger partial charge in [-0.3, -0.25) is 9.48 Å². The van der Waals surface area contributed by atoms with E-state index < -0.39 is 5.97 Å². The smallest absolute Gasteiger partial charge is 0.308 e. The van der Waals surface area contributed by atoms with Crippen molar-refractivity contribution in [1.29, 1.82) is 0 Å². The third-order valence-corrected chi connectivity index (χ3v) is 4.91. The lowest BCUT2D eigenvalue weighted by Gasteiger charge is -2.15. The molecule has 2 heterocycles. The Morgan fingerprint density at radius 3 is 2.67 bits per heavy atom. The molecular formula is C23H25Cl2N3O5. The van der Waals surface area contributed by atoms with Gasteiger partial charge >= 0.3 is 5.97 Å². The predicted molar refractivity (Wildman–Crippen MR) is 125 cm³/mol. The molecule has 0 saturated heterocycles. The highest BCUT2D eigenvalue weighted by molar-refractivity contribution is 6.35. The quantitative estimate of drug-likeness (QED) is 0.360. The maximum absolute atomic E-state index is 11.0. The molecule has 8 nitrogen and oxygen atoms in total. The van der Waals surface area contributed by atoms with Crippen molar-refractivity contribution >= 4 is 29.2 Å². The van der Waals surface area contributed by atoms with Gasteiger partial charge in [0.15, 0.2) is 0 Å². The number of benzene rings is 1. The van der Waals surface area contributed by atoms with E-state index in [0.717, 1.165) is 5.56 Å². The number of carboxylic acids is 1. The zero-order chi connectivity index (χ0) is 24.0. The molecule has 0 saturated carbocycles. The molecule has 0 fully saturated rings. The van der Waals surface area contributed by atoms with E-state index in [9.17, 15) is 4.79 Å². The molecular weight excluding hydrogens is 469 g/mol. The molecule has 10 heteroatoms. The Hall–Kier alpha value is -2.97. The van der Waals surface area contributed by atoms with Crippen LogP contribution in [0.1, 0.15) is 31.4 Å². The largest absolute Gasteiger partial charge is 0.491 e. The van der Waals surface area contributed by atoms with Crippen molar-refractivity contribution in [3.63, 3.8) is 0 Å². The number of hydrogen-bond donors (Lipinski definition) is 1. The summed E-state index contributed by atoms with van der Waals surface area (Å²) in [6, 6.07) is 7.17. The topological polar surface area (TPSA) is 95.7 Å². The van der Waals surface area contributed by atoms with Gasteiger partial charge in [0.25, 0.3) is 0 Å². The Labute approximate surface area is 202 Å². The van der Waals surface area contributed by atoms with Gasteiger partial charge in [-0.25, -0.2) is 4.98 Å². The first-order valence-electron chi connectivity index (χ1n) is 10.4. The van der Waals surface area contributed by atoms with Gasteiger partial charge in [-0.2, -0.15) is 0 Å². The van der Waals surface area contributed by atoms with Gasteiger partial charge in [0.2, 0.25) is 11.8 Å². The Kier molecular flexibility index (Phi) is 8.41. The highest BCUT2D eigenvalue weighted by Gasteiger charge is 2.14. The van der Waals surface area contributed by atoms with E-state index in [2.05, 4.69) is 10.1 Å². The van der Waals surface area contributed by atoms with Crippen molar-refractivity contribution in [2.45, 2.75) is 39.2 Å². The molecule has 1 N–H and O–H groups in total. The molecule has 33 heavy (non-hydrogen) atoms.